The van der Waals surface area contributed by atoms with E-state index >= 15 is 0 Å². The zero-order valence-corrected chi connectivity index (χ0v) is 12.4. The van der Waals surface area contributed by atoms with Gasteiger partial charge in [0.25, 0.3) is 0 Å². The van der Waals surface area contributed by atoms with Gasteiger partial charge in [0.05, 0.1) is 17.3 Å². The van der Waals surface area contributed by atoms with Crippen LogP contribution in [0.25, 0.3) is 5.69 Å². The minimum absolute atomic E-state index is 0.256. The van der Waals surface area contributed by atoms with Crippen LogP contribution in [0, 0.1) is 35.9 Å². The maximum atomic E-state index is 13.6. The van der Waals surface area contributed by atoms with Gasteiger partial charge in [0.15, 0.2) is 0 Å². The zero-order chi connectivity index (χ0) is 16.2. The van der Waals surface area contributed by atoms with Crippen LogP contribution < -0.4 is 0 Å². The molecule has 0 radical (unpaired) electrons. The monoisotopic (exact) mass is 301 g/mol. The third-order valence-corrected chi connectivity index (χ3v) is 3.25. The summed E-state index contributed by atoms with van der Waals surface area (Å²) in [5.41, 5.74) is 3.07. The van der Waals surface area contributed by atoms with Crippen LogP contribution in [0.1, 0.15) is 22.5 Å². The normalized spacial score (nSPS) is 9.78. The first-order valence-corrected chi connectivity index (χ1v) is 7.00. The van der Waals surface area contributed by atoms with Gasteiger partial charge in [0.1, 0.15) is 11.5 Å². The van der Waals surface area contributed by atoms with E-state index in [2.05, 4.69) is 16.9 Å². The predicted octanol–water partition coefficient (Wildman–Crippen LogP) is 3.59. The van der Waals surface area contributed by atoms with E-state index in [9.17, 15) is 4.39 Å². The second-order valence-electron chi connectivity index (χ2n) is 5.01. The number of hydrogen-bond acceptors (Lipinski definition) is 2. The Kier molecular flexibility index (Phi) is 3.91. The lowest BCUT2D eigenvalue weighted by Crippen LogP contribution is -2.00. The molecule has 3 nitrogen and oxygen atoms in total. The summed E-state index contributed by atoms with van der Waals surface area (Å²) in [5.74, 6) is 5.56. The topological polar surface area (TPSA) is 41.6 Å². The first kappa shape index (κ1) is 14.6. The molecule has 110 valence electrons. The van der Waals surface area contributed by atoms with Crippen LogP contribution in [0.2, 0.25) is 0 Å². The fourth-order valence-electron chi connectivity index (χ4n) is 2.22. The Hall–Kier alpha value is -3.37. The van der Waals surface area contributed by atoms with Gasteiger partial charge in [-0.2, -0.15) is 10.4 Å². The van der Waals surface area contributed by atoms with Crippen molar-refractivity contribution in [1.29, 1.82) is 5.26 Å². The average molecular weight is 301 g/mol. The molecule has 0 aliphatic heterocycles. The van der Waals surface area contributed by atoms with Gasteiger partial charge in [0.2, 0.25) is 0 Å². The van der Waals surface area contributed by atoms with Crippen LogP contribution in [0.3, 0.4) is 0 Å². The first-order valence-electron chi connectivity index (χ1n) is 7.00. The second kappa shape index (κ2) is 6.17. The molecule has 0 spiro atoms. The number of nitriles is 1. The largest absolute Gasteiger partial charge is 0.237 e. The highest BCUT2D eigenvalue weighted by Gasteiger charge is 2.07. The molecule has 2 aromatic carbocycles. The van der Waals surface area contributed by atoms with E-state index in [0.717, 1.165) is 11.3 Å². The second-order valence-corrected chi connectivity index (χ2v) is 5.01. The number of halogens is 1. The van der Waals surface area contributed by atoms with E-state index in [4.69, 9.17) is 5.26 Å². The van der Waals surface area contributed by atoms with Crippen LogP contribution in [0.5, 0.6) is 0 Å². The van der Waals surface area contributed by atoms with Gasteiger partial charge in [0, 0.05) is 11.3 Å². The molecule has 0 unspecified atom stereocenters. The van der Waals surface area contributed by atoms with Crippen molar-refractivity contribution < 1.29 is 4.39 Å². The van der Waals surface area contributed by atoms with Gasteiger partial charge in [-0.05, 0) is 49.2 Å². The van der Waals surface area contributed by atoms with E-state index in [1.807, 2.05) is 49.4 Å². The van der Waals surface area contributed by atoms with E-state index < -0.39 is 5.82 Å². The zero-order valence-electron chi connectivity index (χ0n) is 12.4. The summed E-state index contributed by atoms with van der Waals surface area (Å²) >= 11 is 0. The summed E-state index contributed by atoms with van der Waals surface area (Å²) < 4.78 is 15.2. The first-order chi connectivity index (χ1) is 11.2. The fraction of sp³-hybridized carbons (Fsp3) is 0.0526. The molecule has 0 amide bonds. The van der Waals surface area contributed by atoms with Crippen molar-refractivity contribution in [2.24, 2.45) is 0 Å². The predicted molar refractivity (Wildman–Crippen MR) is 85.4 cm³/mol. The molecule has 3 rings (SSSR count). The molecule has 0 saturated carbocycles. The van der Waals surface area contributed by atoms with Crippen molar-refractivity contribution in [2.75, 3.05) is 0 Å². The lowest BCUT2D eigenvalue weighted by atomic mass is 10.2. The lowest BCUT2D eigenvalue weighted by Gasteiger charge is -2.04. The number of nitrogens with zero attached hydrogens (tertiary/aromatic N) is 3. The quantitative estimate of drug-likeness (QED) is 0.645. The molecular formula is C19H12FN3. The van der Waals surface area contributed by atoms with Crippen molar-refractivity contribution in [1.82, 2.24) is 9.78 Å². The fourth-order valence-corrected chi connectivity index (χ4v) is 2.22. The maximum Gasteiger partial charge on any atom is 0.136 e. The molecule has 4 heteroatoms. The number of benzene rings is 2. The molecule has 0 N–H and O–H groups in total. The van der Waals surface area contributed by atoms with Gasteiger partial charge in [-0.1, -0.05) is 24.1 Å². The highest BCUT2D eigenvalue weighted by Crippen LogP contribution is 2.15. The van der Waals surface area contributed by atoms with E-state index in [1.165, 1.54) is 12.1 Å². The summed E-state index contributed by atoms with van der Waals surface area (Å²) in [6.07, 6.45) is 0. The Morgan fingerprint density at radius 1 is 1.00 bits per heavy atom. The van der Waals surface area contributed by atoms with Gasteiger partial charge in [-0.15, -0.1) is 0 Å². The van der Waals surface area contributed by atoms with Crippen LogP contribution >= 0.6 is 0 Å². The standard InChI is InChI=1S/C19H12FN3/c1-14-9-18(8-7-15-5-3-2-4-6-15)22-23(14)19-11-16(13-21)10-17(20)12-19/h2-6,9-12H,1H3. The van der Waals surface area contributed by atoms with Crippen LogP contribution in [-0.2, 0) is 0 Å². The van der Waals surface area contributed by atoms with E-state index in [-0.39, 0.29) is 5.56 Å². The van der Waals surface area contributed by atoms with Crippen LogP contribution in [-0.4, -0.2) is 9.78 Å². The summed E-state index contributed by atoms with van der Waals surface area (Å²) in [7, 11) is 0. The molecule has 0 fully saturated rings. The van der Waals surface area contributed by atoms with Gasteiger partial charge in [-0.3, -0.25) is 0 Å². The Morgan fingerprint density at radius 3 is 2.52 bits per heavy atom. The average Bonchev–Trinajstić information content (AvgIpc) is 2.94. The molecule has 1 aromatic heterocycles. The summed E-state index contributed by atoms with van der Waals surface area (Å²) in [6, 6.07) is 17.5. The maximum absolute atomic E-state index is 13.6. The molecule has 0 bridgehead atoms. The Balaban J connectivity index is 1.98. The summed E-state index contributed by atoms with van der Waals surface area (Å²) in [4.78, 5) is 0. The molecule has 23 heavy (non-hydrogen) atoms. The third-order valence-electron chi connectivity index (χ3n) is 3.25. The molecule has 0 aliphatic carbocycles. The number of rotatable bonds is 1. The lowest BCUT2D eigenvalue weighted by molar-refractivity contribution is 0.624. The Bertz CT molecular complexity index is 954. The SMILES string of the molecule is Cc1cc(C#Cc2ccccc2)nn1-c1cc(F)cc(C#N)c1. The minimum Gasteiger partial charge on any atom is -0.237 e. The number of aromatic nitrogens is 2. The van der Waals surface area contributed by atoms with Crippen molar-refractivity contribution in [2.45, 2.75) is 6.92 Å². The summed E-state index contributed by atoms with van der Waals surface area (Å²) in [6.45, 7) is 1.86. The molecule has 0 saturated heterocycles. The van der Waals surface area contributed by atoms with Gasteiger partial charge < -0.3 is 0 Å². The highest BCUT2D eigenvalue weighted by molar-refractivity contribution is 5.45. The molecule has 3 aromatic rings. The van der Waals surface area contributed by atoms with Crippen molar-refractivity contribution in [3.8, 4) is 23.6 Å². The molecule has 0 atom stereocenters. The van der Waals surface area contributed by atoms with Crippen LogP contribution in [0.15, 0.2) is 54.6 Å². The smallest absolute Gasteiger partial charge is 0.136 e. The number of aryl methyl sites for hydroxylation is 1. The van der Waals surface area contributed by atoms with Gasteiger partial charge in [-0.25, -0.2) is 9.07 Å². The van der Waals surface area contributed by atoms with E-state index in [1.54, 1.807) is 10.7 Å². The minimum atomic E-state index is -0.467. The van der Waals surface area contributed by atoms with Crippen molar-refractivity contribution in [3.05, 3.63) is 82.9 Å². The third kappa shape index (κ3) is 3.28. The van der Waals surface area contributed by atoms with Crippen molar-refractivity contribution >= 4 is 0 Å². The number of hydrogen-bond donors (Lipinski definition) is 0. The summed E-state index contributed by atoms with van der Waals surface area (Å²) in [5, 5.41) is 13.3. The molecule has 1 heterocycles. The van der Waals surface area contributed by atoms with E-state index in [0.29, 0.717) is 11.4 Å². The Labute approximate surface area is 133 Å². The van der Waals surface area contributed by atoms with Crippen LogP contribution in [0.4, 0.5) is 4.39 Å². The molecular weight excluding hydrogens is 289 g/mol. The highest BCUT2D eigenvalue weighted by atomic mass is 19.1. The van der Waals surface area contributed by atoms with Crippen molar-refractivity contribution in [3.63, 3.8) is 0 Å². The molecule has 0 aliphatic rings. The van der Waals surface area contributed by atoms with Gasteiger partial charge >= 0.3 is 0 Å². The Morgan fingerprint density at radius 2 is 1.78 bits per heavy atom.